The molecule has 2 nitrogen and oxygen atoms in total. The minimum absolute atomic E-state index is 0.269. The molecule has 0 saturated carbocycles. The first kappa shape index (κ1) is 11.9. The lowest BCUT2D eigenvalue weighted by atomic mass is 10.3. The van der Waals surface area contributed by atoms with Gasteiger partial charge in [0.1, 0.15) is 5.75 Å². The Bertz CT molecular complexity index is 545. The van der Waals surface area contributed by atoms with Crippen LogP contribution in [-0.2, 0) is 0 Å². The third kappa shape index (κ3) is 2.76. The van der Waals surface area contributed by atoms with E-state index in [2.05, 4.69) is 20.9 Å². The summed E-state index contributed by atoms with van der Waals surface area (Å²) in [5, 5.41) is 0. The number of halogens is 4. The second-order valence-corrected chi connectivity index (χ2v) is 4.02. The topological polar surface area (TPSA) is 22.1 Å². The van der Waals surface area contributed by atoms with Crippen LogP contribution in [-0.4, -0.2) is 4.98 Å². The fourth-order valence-electron chi connectivity index (χ4n) is 1.11. The maximum atomic E-state index is 13.2. The lowest BCUT2D eigenvalue weighted by Gasteiger charge is -2.05. The average molecular weight is 304 g/mol. The van der Waals surface area contributed by atoms with Crippen molar-refractivity contribution in [2.75, 3.05) is 0 Å². The van der Waals surface area contributed by atoms with Crippen molar-refractivity contribution in [1.29, 1.82) is 0 Å². The molecule has 1 heterocycles. The van der Waals surface area contributed by atoms with Crippen LogP contribution < -0.4 is 4.74 Å². The van der Waals surface area contributed by atoms with E-state index in [0.29, 0.717) is 6.07 Å². The van der Waals surface area contributed by atoms with Gasteiger partial charge in [0.2, 0.25) is 0 Å². The molecule has 0 radical (unpaired) electrons. The Hall–Kier alpha value is -1.56. The lowest BCUT2D eigenvalue weighted by Crippen LogP contribution is -1.97. The molecule has 2 rings (SSSR count). The van der Waals surface area contributed by atoms with Gasteiger partial charge in [0.25, 0.3) is 11.8 Å². The molecule has 88 valence electrons. The predicted molar refractivity (Wildman–Crippen MR) is 58.3 cm³/mol. The maximum absolute atomic E-state index is 13.2. The summed E-state index contributed by atoms with van der Waals surface area (Å²) in [5.41, 5.74) is 0. The summed E-state index contributed by atoms with van der Waals surface area (Å²) in [7, 11) is 0. The predicted octanol–water partition coefficient (Wildman–Crippen LogP) is 4.05. The molecule has 0 amide bonds. The summed E-state index contributed by atoms with van der Waals surface area (Å²) >= 11 is 3.21. The van der Waals surface area contributed by atoms with Crippen LogP contribution in [0.4, 0.5) is 13.2 Å². The van der Waals surface area contributed by atoms with E-state index in [-0.39, 0.29) is 5.75 Å². The molecule has 1 aromatic carbocycles. The van der Waals surface area contributed by atoms with Gasteiger partial charge in [0.05, 0.1) is 0 Å². The summed E-state index contributed by atoms with van der Waals surface area (Å²) in [6.45, 7) is 0. The van der Waals surface area contributed by atoms with Gasteiger partial charge < -0.3 is 4.74 Å². The number of pyridine rings is 1. The minimum Gasteiger partial charge on any atom is -0.436 e. The second kappa shape index (κ2) is 4.75. The summed E-state index contributed by atoms with van der Waals surface area (Å²) < 4.78 is 44.4. The van der Waals surface area contributed by atoms with E-state index in [9.17, 15) is 13.2 Å². The molecule has 0 bridgehead atoms. The van der Waals surface area contributed by atoms with E-state index in [1.807, 2.05) is 0 Å². The summed E-state index contributed by atoms with van der Waals surface area (Å²) in [4.78, 5) is 3.04. The van der Waals surface area contributed by atoms with Gasteiger partial charge in [0, 0.05) is 10.5 Å². The van der Waals surface area contributed by atoms with Gasteiger partial charge in [-0.25, -0.2) is 8.78 Å². The Kier molecular flexibility index (Phi) is 3.33. The molecule has 17 heavy (non-hydrogen) atoms. The maximum Gasteiger partial charge on any atom is 0.258 e. The van der Waals surface area contributed by atoms with Gasteiger partial charge in [0.15, 0.2) is 11.6 Å². The van der Waals surface area contributed by atoms with E-state index in [0.717, 1.165) is 4.47 Å². The monoisotopic (exact) mass is 303 g/mol. The molecule has 0 aliphatic heterocycles. The van der Waals surface area contributed by atoms with Crippen LogP contribution in [0, 0.1) is 17.6 Å². The molecule has 6 heteroatoms. The molecular weight excluding hydrogens is 299 g/mol. The normalized spacial score (nSPS) is 10.4. The number of hydrogen-bond acceptors (Lipinski definition) is 2. The summed E-state index contributed by atoms with van der Waals surface area (Å²) in [5.74, 6) is -4.16. The zero-order valence-electron chi connectivity index (χ0n) is 8.25. The third-order valence-electron chi connectivity index (χ3n) is 1.88. The van der Waals surface area contributed by atoms with Crippen molar-refractivity contribution in [3.63, 3.8) is 0 Å². The van der Waals surface area contributed by atoms with Crippen molar-refractivity contribution < 1.29 is 17.9 Å². The molecule has 0 unspecified atom stereocenters. The Morgan fingerprint density at radius 3 is 2.29 bits per heavy atom. The highest BCUT2D eigenvalue weighted by Crippen LogP contribution is 2.24. The number of ether oxygens (including phenoxy) is 1. The number of hydrogen-bond donors (Lipinski definition) is 0. The number of aromatic nitrogens is 1. The minimum atomic E-state index is -1.40. The SMILES string of the molecule is Fc1cc(F)c(Oc2ccc(Br)cc2)nc1F. The fraction of sp³-hybridized carbons (Fsp3) is 0. The van der Waals surface area contributed by atoms with Crippen LogP contribution in [0.5, 0.6) is 11.6 Å². The van der Waals surface area contributed by atoms with E-state index in [1.165, 1.54) is 12.1 Å². The van der Waals surface area contributed by atoms with Gasteiger partial charge in [-0.15, -0.1) is 0 Å². The van der Waals surface area contributed by atoms with E-state index in [4.69, 9.17) is 4.74 Å². The van der Waals surface area contributed by atoms with Crippen molar-refractivity contribution >= 4 is 15.9 Å². The third-order valence-corrected chi connectivity index (χ3v) is 2.41. The molecule has 0 fully saturated rings. The largest absolute Gasteiger partial charge is 0.436 e. The van der Waals surface area contributed by atoms with Crippen LogP contribution in [0.15, 0.2) is 34.8 Å². The number of nitrogens with zero attached hydrogens (tertiary/aromatic N) is 1. The molecule has 2 aromatic rings. The van der Waals surface area contributed by atoms with Crippen molar-refractivity contribution in [3.8, 4) is 11.6 Å². The molecule has 0 saturated heterocycles. The van der Waals surface area contributed by atoms with E-state index >= 15 is 0 Å². The van der Waals surface area contributed by atoms with Crippen LogP contribution in [0.2, 0.25) is 0 Å². The Morgan fingerprint density at radius 2 is 1.65 bits per heavy atom. The Morgan fingerprint density at radius 1 is 1.00 bits per heavy atom. The van der Waals surface area contributed by atoms with Gasteiger partial charge in [-0.05, 0) is 24.3 Å². The molecule has 0 aliphatic carbocycles. The van der Waals surface area contributed by atoms with Crippen LogP contribution in [0.3, 0.4) is 0 Å². The highest BCUT2D eigenvalue weighted by atomic mass is 79.9. The number of rotatable bonds is 2. The van der Waals surface area contributed by atoms with Crippen LogP contribution in [0.1, 0.15) is 0 Å². The number of benzene rings is 1. The second-order valence-electron chi connectivity index (χ2n) is 3.10. The molecule has 1 aromatic heterocycles. The Labute approximate surface area is 103 Å². The van der Waals surface area contributed by atoms with Crippen LogP contribution >= 0.6 is 15.9 Å². The fourth-order valence-corrected chi connectivity index (χ4v) is 1.38. The van der Waals surface area contributed by atoms with Crippen molar-refractivity contribution in [2.45, 2.75) is 0 Å². The van der Waals surface area contributed by atoms with E-state index in [1.54, 1.807) is 12.1 Å². The average Bonchev–Trinajstić information content (AvgIpc) is 2.29. The standard InChI is InChI=1S/C11H5BrF3NO/c12-6-1-3-7(4-2-6)17-11-9(14)5-8(13)10(15)16-11/h1-5H. The Balaban J connectivity index is 2.30. The molecule has 0 spiro atoms. The lowest BCUT2D eigenvalue weighted by molar-refractivity contribution is 0.387. The van der Waals surface area contributed by atoms with Gasteiger partial charge >= 0.3 is 0 Å². The van der Waals surface area contributed by atoms with Gasteiger partial charge in [-0.2, -0.15) is 9.37 Å². The molecule has 0 aliphatic rings. The van der Waals surface area contributed by atoms with Crippen molar-refractivity contribution in [1.82, 2.24) is 4.98 Å². The zero-order chi connectivity index (χ0) is 12.4. The first-order valence-corrected chi connectivity index (χ1v) is 5.30. The summed E-state index contributed by atoms with van der Waals surface area (Å²) in [6.07, 6.45) is 0. The summed E-state index contributed by atoms with van der Waals surface area (Å²) in [6, 6.07) is 6.77. The molecule has 0 N–H and O–H groups in total. The zero-order valence-corrected chi connectivity index (χ0v) is 9.84. The van der Waals surface area contributed by atoms with Crippen molar-refractivity contribution in [3.05, 3.63) is 52.4 Å². The quantitative estimate of drug-likeness (QED) is 0.781. The first-order valence-electron chi connectivity index (χ1n) is 4.51. The van der Waals surface area contributed by atoms with Crippen molar-refractivity contribution in [2.24, 2.45) is 0 Å². The molecule has 0 atom stereocenters. The first-order chi connectivity index (χ1) is 8.06. The van der Waals surface area contributed by atoms with Gasteiger partial charge in [-0.3, -0.25) is 0 Å². The van der Waals surface area contributed by atoms with Crippen LogP contribution in [0.25, 0.3) is 0 Å². The highest BCUT2D eigenvalue weighted by Gasteiger charge is 2.13. The highest BCUT2D eigenvalue weighted by molar-refractivity contribution is 9.10. The van der Waals surface area contributed by atoms with E-state index < -0.39 is 23.5 Å². The van der Waals surface area contributed by atoms with Gasteiger partial charge in [-0.1, -0.05) is 15.9 Å². The smallest absolute Gasteiger partial charge is 0.258 e. The molecular formula is C11H5BrF3NO.